The average Bonchev–Trinajstić information content (AvgIpc) is 3.32. The van der Waals surface area contributed by atoms with E-state index in [1.165, 1.54) is 12.1 Å². The molecule has 0 radical (unpaired) electrons. The predicted molar refractivity (Wildman–Crippen MR) is 97.4 cm³/mol. The Balaban J connectivity index is 1.70. The third-order valence-corrected chi connectivity index (χ3v) is 4.32. The van der Waals surface area contributed by atoms with Crippen molar-refractivity contribution >= 4 is 16.7 Å². The molecular weight excluding hydrogens is 347 g/mol. The summed E-state index contributed by atoms with van der Waals surface area (Å²) in [6.45, 7) is 0. The van der Waals surface area contributed by atoms with Crippen molar-refractivity contribution in [3.63, 3.8) is 0 Å². The molecule has 132 valence electrons. The molecule has 0 aliphatic rings. The van der Waals surface area contributed by atoms with Crippen LogP contribution in [-0.4, -0.2) is 36.5 Å². The lowest BCUT2D eigenvalue weighted by molar-refractivity contribution is 0.416. The van der Waals surface area contributed by atoms with Crippen molar-refractivity contribution in [3.8, 4) is 22.8 Å². The van der Waals surface area contributed by atoms with Crippen LogP contribution in [0.15, 0.2) is 61.1 Å². The smallest absolute Gasteiger partial charge is 0.185 e. The van der Waals surface area contributed by atoms with Crippen LogP contribution in [0.3, 0.4) is 0 Å². The summed E-state index contributed by atoms with van der Waals surface area (Å²) in [4.78, 5) is 9.11. The van der Waals surface area contributed by atoms with E-state index in [0.717, 1.165) is 10.9 Å². The molecule has 0 saturated heterocycles. The maximum atomic E-state index is 13.2. The fourth-order valence-electron chi connectivity index (χ4n) is 3.04. The van der Waals surface area contributed by atoms with Crippen LogP contribution in [0.4, 0.5) is 4.39 Å². The fourth-order valence-corrected chi connectivity index (χ4v) is 3.04. The monoisotopic (exact) mass is 360 g/mol. The Bertz CT molecular complexity index is 1270. The number of aromatic nitrogens is 6. The minimum absolute atomic E-state index is 0.301. The van der Waals surface area contributed by atoms with Crippen molar-refractivity contribution < 1.29 is 9.13 Å². The van der Waals surface area contributed by atoms with E-state index >= 15 is 0 Å². The summed E-state index contributed by atoms with van der Waals surface area (Å²) in [7, 11) is 1.61. The molecule has 2 aromatic carbocycles. The van der Waals surface area contributed by atoms with Crippen LogP contribution < -0.4 is 4.74 Å². The number of rotatable bonds is 3. The van der Waals surface area contributed by atoms with E-state index in [1.807, 2.05) is 24.3 Å². The van der Waals surface area contributed by atoms with E-state index in [0.29, 0.717) is 28.6 Å². The highest BCUT2D eigenvalue weighted by molar-refractivity contribution is 5.90. The first-order chi connectivity index (χ1) is 13.2. The first kappa shape index (κ1) is 15.4. The molecule has 0 atom stereocenters. The Morgan fingerprint density at radius 3 is 2.63 bits per heavy atom. The van der Waals surface area contributed by atoms with Crippen LogP contribution in [0.25, 0.3) is 33.8 Å². The zero-order valence-electron chi connectivity index (χ0n) is 14.2. The van der Waals surface area contributed by atoms with Crippen LogP contribution in [-0.2, 0) is 0 Å². The lowest BCUT2D eigenvalue weighted by atomic mass is 10.2. The Labute approximate surface area is 152 Å². The van der Waals surface area contributed by atoms with Gasteiger partial charge in [-0.1, -0.05) is 12.1 Å². The van der Waals surface area contributed by atoms with Crippen LogP contribution in [0.5, 0.6) is 5.75 Å². The van der Waals surface area contributed by atoms with Crippen molar-refractivity contribution in [1.82, 2.24) is 29.4 Å². The highest BCUT2D eigenvalue weighted by atomic mass is 19.1. The van der Waals surface area contributed by atoms with Gasteiger partial charge in [0, 0.05) is 0 Å². The van der Waals surface area contributed by atoms with Gasteiger partial charge in [0.25, 0.3) is 0 Å². The molecule has 5 aromatic rings. The maximum Gasteiger partial charge on any atom is 0.185 e. The SMILES string of the molecule is COc1ccccc1-c1nc2c3cnn(-c4ccc(F)cc4)c3ncn2n1. The highest BCUT2D eigenvalue weighted by Gasteiger charge is 2.16. The van der Waals surface area contributed by atoms with Crippen molar-refractivity contribution in [2.24, 2.45) is 0 Å². The maximum absolute atomic E-state index is 13.2. The molecule has 0 spiro atoms. The Kier molecular flexibility index (Phi) is 3.36. The van der Waals surface area contributed by atoms with E-state index in [-0.39, 0.29) is 5.82 Å². The van der Waals surface area contributed by atoms with E-state index in [9.17, 15) is 4.39 Å². The van der Waals surface area contributed by atoms with Gasteiger partial charge in [0.15, 0.2) is 17.1 Å². The average molecular weight is 360 g/mol. The topological polar surface area (TPSA) is 70.1 Å². The van der Waals surface area contributed by atoms with E-state index in [2.05, 4.69) is 20.2 Å². The zero-order chi connectivity index (χ0) is 18.4. The number of hydrogen-bond donors (Lipinski definition) is 0. The summed E-state index contributed by atoms with van der Waals surface area (Å²) < 4.78 is 21.9. The van der Waals surface area contributed by atoms with Crippen molar-refractivity contribution in [2.45, 2.75) is 0 Å². The number of benzene rings is 2. The van der Waals surface area contributed by atoms with Crippen LogP contribution in [0, 0.1) is 5.82 Å². The molecule has 0 aliphatic heterocycles. The molecule has 5 rings (SSSR count). The minimum Gasteiger partial charge on any atom is -0.496 e. The van der Waals surface area contributed by atoms with Crippen LogP contribution in [0.1, 0.15) is 0 Å². The molecule has 7 nitrogen and oxygen atoms in total. The van der Waals surface area contributed by atoms with Crippen LogP contribution in [0.2, 0.25) is 0 Å². The molecule has 0 aliphatic carbocycles. The van der Waals surface area contributed by atoms with Gasteiger partial charge in [-0.2, -0.15) is 5.10 Å². The summed E-state index contributed by atoms with van der Waals surface area (Å²) in [5.74, 6) is 0.931. The van der Waals surface area contributed by atoms with Gasteiger partial charge >= 0.3 is 0 Å². The molecule has 0 unspecified atom stereocenters. The van der Waals surface area contributed by atoms with Gasteiger partial charge in [-0.3, -0.25) is 0 Å². The van der Waals surface area contributed by atoms with Gasteiger partial charge in [0.2, 0.25) is 0 Å². The zero-order valence-corrected chi connectivity index (χ0v) is 14.2. The molecule has 0 N–H and O–H groups in total. The van der Waals surface area contributed by atoms with E-state index < -0.39 is 0 Å². The third kappa shape index (κ3) is 2.42. The predicted octanol–water partition coefficient (Wildman–Crippen LogP) is 3.28. The standard InChI is InChI=1S/C19H13FN6O/c1-27-16-5-3-2-4-14(16)17-23-19-15-10-22-26(13-8-6-12(20)7-9-13)18(15)21-11-25(19)24-17/h2-11H,1H3. The summed E-state index contributed by atoms with van der Waals surface area (Å²) in [6.07, 6.45) is 3.27. The molecule has 0 fully saturated rings. The first-order valence-corrected chi connectivity index (χ1v) is 8.23. The number of nitrogens with zero attached hydrogens (tertiary/aromatic N) is 6. The van der Waals surface area contributed by atoms with Crippen molar-refractivity contribution in [3.05, 3.63) is 66.9 Å². The fraction of sp³-hybridized carbons (Fsp3) is 0.0526. The summed E-state index contributed by atoms with van der Waals surface area (Å²) in [5.41, 5.74) is 2.76. The lowest BCUT2D eigenvalue weighted by Gasteiger charge is -2.03. The third-order valence-electron chi connectivity index (χ3n) is 4.32. The van der Waals surface area contributed by atoms with Crippen molar-refractivity contribution in [2.75, 3.05) is 7.11 Å². The lowest BCUT2D eigenvalue weighted by Crippen LogP contribution is -1.99. The normalized spacial score (nSPS) is 11.3. The summed E-state index contributed by atoms with van der Waals surface area (Å²) >= 11 is 0. The quantitative estimate of drug-likeness (QED) is 0.494. The molecule has 3 aromatic heterocycles. The molecule has 0 bridgehead atoms. The number of fused-ring (bicyclic) bond motifs is 3. The number of methoxy groups -OCH3 is 1. The number of ether oxygens (including phenoxy) is 1. The Hall–Kier alpha value is -3.81. The second kappa shape index (κ2) is 5.87. The van der Waals surface area contributed by atoms with Gasteiger partial charge in [0.1, 0.15) is 17.9 Å². The molecule has 0 amide bonds. The van der Waals surface area contributed by atoms with Gasteiger partial charge in [-0.05, 0) is 36.4 Å². The second-order valence-corrected chi connectivity index (χ2v) is 5.92. The van der Waals surface area contributed by atoms with Gasteiger partial charge in [-0.25, -0.2) is 23.6 Å². The molecular formula is C19H13FN6O. The van der Waals surface area contributed by atoms with Crippen molar-refractivity contribution in [1.29, 1.82) is 0 Å². The minimum atomic E-state index is -0.301. The molecule has 3 heterocycles. The first-order valence-electron chi connectivity index (χ1n) is 8.23. The summed E-state index contributed by atoms with van der Waals surface area (Å²) in [5, 5.41) is 9.64. The molecule has 27 heavy (non-hydrogen) atoms. The number of halogens is 1. The van der Waals surface area contributed by atoms with Gasteiger partial charge in [-0.15, -0.1) is 5.10 Å². The van der Waals surface area contributed by atoms with Gasteiger partial charge in [0.05, 0.1) is 29.9 Å². The summed E-state index contributed by atoms with van der Waals surface area (Å²) in [6, 6.07) is 13.6. The molecule has 8 heteroatoms. The number of hydrogen-bond acceptors (Lipinski definition) is 5. The Morgan fingerprint density at radius 1 is 1.00 bits per heavy atom. The van der Waals surface area contributed by atoms with E-state index in [1.54, 1.807) is 41.0 Å². The van der Waals surface area contributed by atoms with E-state index in [4.69, 9.17) is 4.74 Å². The Morgan fingerprint density at radius 2 is 1.81 bits per heavy atom. The largest absolute Gasteiger partial charge is 0.496 e. The molecule has 0 saturated carbocycles. The second-order valence-electron chi connectivity index (χ2n) is 5.92. The number of para-hydroxylation sites is 1. The van der Waals surface area contributed by atoms with Gasteiger partial charge < -0.3 is 4.74 Å². The van der Waals surface area contributed by atoms with Crippen LogP contribution >= 0.6 is 0 Å². The highest BCUT2D eigenvalue weighted by Crippen LogP contribution is 2.28.